The van der Waals surface area contributed by atoms with Crippen molar-refractivity contribution in [3.8, 4) is 5.75 Å². The fourth-order valence-corrected chi connectivity index (χ4v) is 4.44. The summed E-state index contributed by atoms with van der Waals surface area (Å²) in [5.41, 5.74) is 6.85. The zero-order valence-corrected chi connectivity index (χ0v) is 17.9. The third kappa shape index (κ3) is 3.39. The van der Waals surface area contributed by atoms with Crippen molar-refractivity contribution in [2.24, 2.45) is 5.41 Å². The number of anilines is 2. The Hall–Kier alpha value is -3.42. The van der Waals surface area contributed by atoms with Gasteiger partial charge in [0.25, 0.3) is 0 Å². The number of hydrogen-bond acceptors (Lipinski definition) is 6. The van der Waals surface area contributed by atoms with E-state index in [0.717, 1.165) is 31.4 Å². The van der Waals surface area contributed by atoms with Crippen LogP contribution in [-0.2, 0) is 13.0 Å². The van der Waals surface area contributed by atoms with Gasteiger partial charge in [-0.15, -0.1) is 0 Å². The summed E-state index contributed by atoms with van der Waals surface area (Å²) >= 11 is 0. The molecule has 1 saturated carbocycles. The van der Waals surface area contributed by atoms with Gasteiger partial charge in [0, 0.05) is 36.6 Å². The summed E-state index contributed by atoms with van der Waals surface area (Å²) in [7, 11) is 0. The first-order chi connectivity index (χ1) is 15.4. The molecule has 166 valence electrons. The number of aromatic nitrogens is 2. The van der Waals surface area contributed by atoms with Crippen LogP contribution in [0.25, 0.3) is 10.9 Å². The van der Waals surface area contributed by atoms with E-state index in [9.17, 15) is 9.59 Å². The second kappa shape index (κ2) is 7.62. The monoisotopic (exact) mass is 436 g/mol. The number of ether oxygens (including phenoxy) is 1. The Balaban J connectivity index is 1.57. The number of benzene rings is 1. The molecular weight excluding hydrogens is 411 g/mol. The number of halogens is 1. The van der Waals surface area contributed by atoms with E-state index in [4.69, 9.17) is 10.5 Å². The molecule has 1 spiro atoms. The van der Waals surface area contributed by atoms with Gasteiger partial charge in [-0.3, -0.25) is 14.6 Å². The molecule has 1 aromatic carbocycles. The van der Waals surface area contributed by atoms with Crippen LogP contribution >= 0.6 is 0 Å². The number of Topliss-reactive ketones (excluding diaryl/α,β-unsaturated/α-hetero) is 1. The van der Waals surface area contributed by atoms with Crippen molar-refractivity contribution in [2.75, 3.05) is 24.2 Å². The Kier molecular flexibility index (Phi) is 4.87. The maximum absolute atomic E-state index is 15.4. The number of nitrogen functional groups attached to an aromatic ring is 1. The number of nitrogens with one attached hydrogen (secondary N) is 1. The van der Waals surface area contributed by atoms with E-state index in [1.54, 1.807) is 12.4 Å². The van der Waals surface area contributed by atoms with Crippen LogP contribution in [0.15, 0.2) is 35.4 Å². The lowest BCUT2D eigenvalue weighted by molar-refractivity contribution is 0.101. The zero-order chi connectivity index (χ0) is 22.5. The summed E-state index contributed by atoms with van der Waals surface area (Å²) in [4.78, 5) is 29.4. The number of carbonyl (C=O) groups is 1. The van der Waals surface area contributed by atoms with Gasteiger partial charge >= 0.3 is 0 Å². The molecule has 0 unspecified atom stereocenters. The Bertz CT molecular complexity index is 1280. The molecule has 0 atom stereocenters. The minimum atomic E-state index is -0.721. The van der Waals surface area contributed by atoms with E-state index in [1.165, 1.54) is 6.92 Å². The van der Waals surface area contributed by atoms with Crippen molar-refractivity contribution in [3.05, 3.63) is 57.9 Å². The van der Waals surface area contributed by atoms with E-state index < -0.39 is 11.2 Å². The topological polar surface area (TPSA) is 99.2 Å². The molecule has 0 amide bonds. The number of nitrogens with zero attached hydrogens (tertiary/aromatic N) is 2. The molecule has 5 rings (SSSR count). The van der Waals surface area contributed by atoms with Gasteiger partial charge in [0.05, 0.1) is 28.8 Å². The Morgan fingerprint density at radius 1 is 1.38 bits per heavy atom. The van der Waals surface area contributed by atoms with Gasteiger partial charge in [-0.05, 0) is 44.7 Å². The molecular formula is C24H25FN4O3. The summed E-state index contributed by atoms with van der Waals surface area (Å²) < 4.78 is 23.4. The molecule has 7 nitrogen and oxygen atoms in total. The largest absolute Gasteiger partial charge is 0.488 e. The fourth-order valence-electron chi connectivity index (χ4n) is 4.44. The lowest BCUT2D eigenvalue weighted by atomic mass is 10.0. The maximum Gasteiger partial charge on any atom is 0.202 e. The van der Waals surface area contributed by atoms with Crippen molar-refractivity contribution in [1.82, 2.24) is 9.55 Å². The van der Waals surface area contributed by atoms with Crippen LogP contribution in [0.4, 0.5) is 15.8 Å². The van der Waals surface area contributed by atoms with E-state index in [2.05, 4.69) is 10.3 Å². The molecule has 0 saturated heterocycles. The standard InChI is InChI=1S/C24H25FN4O3/c1-14(30)16-11-29-12-24(7-8-24)13-32-23-20(18(25)19(26)17(21(23)29)22(16)31)28-10-4-6-15-5-2-3-9-27-15/h2-3,5,9,11,28H,4,6-8,10,12-13,26H2,1H3. The van der Waals surface area contributed by atoms with Crippen LogP contribution in [0.2, 0.25) is 0 Å². The number of aryl methyl sites for hydroxylation is 1. The smallest absolute Gasteiger partial charge is 0.202 e. The van der Waals surface area contributed by atoms with Gasteiger partial charge in [-0.1, -0.05) is 6.07 Å². The molecule has 1 aliphatic carbocycles. The van der Waals surface area contributed by atoms with Gasteiger partial charge in [0.1, 0.15) is 5.69 Å². The van der Waals surface area contributed by atoms with Crippen molar-refractivity contribution in [3.63, 3.8) is 0 Å². The van der Waals surface area contributed by atoms with Crippen LogP contribution in [0, 0.1) is 11.2 Å². The third-order valence-corrected chi connectivity index (χ3v) is 6.45. The molecule has 3 aromatic rings. The second-order valence-electron chi connectivity index (χ2n) is 8.85. The lowest BCUT2D eigenvalue weighted by Gasteiger charge is -2.19. The molecule has 32 heavy (non-hydrogen) atoms. The first kappa shape index (κ1) is 20.5. The molecule has 0 bridgehead atoms. The molecule has 1 fully saturated rings. The summed E-state index contributed by atoms with van der Waals surface area (Å²) in [6.45, 7) is 2.84. The summed E-state index contributed by atoms with van der Waals surface area (Å²) in [5.74, 6) is -0.796. The van der Waals surface area contributed by atoms with Crippen LogP contribution in [0.5, 0.6) is 5.75 Å². The molecule has 3 heterocycles. The Morgan fingerprint density at radius 2 is 2.19 bits per heavy atom. The fraction of sp³-hybridized carbons (Fsp3) is 0.375. The van der Waals surface area contributed by atoms with Gasteiger partial charge in [-0.25, -0.2) is 4.39 Å². The number of ketones is 1. The van der Waals surface area contributed by atoms with Crippen molar-refractivity contribution in [1.29, 1.82) is 0 Å². The van der Waals surface area contributed by atoms with E-state index >= 15 is 4.39 Å². The second-order valence-corrected chi connectivity index (χ2v) is 8.85. The normalized spacial score (nSPS) is 15.9. The summed E-state index contributed by atoms with van der Waals surface area (Å²) in [6, 6.07) is 5.75. The quantitative estimate of drug-likeness (QED) is 0.348. The van der Waals surface area contributed by atoms with E-state index in [1.807, 2.05) is 22.8 Å². The van der Waals surface area contributed by atoms with Gasteiger partial charge in [-0.2, -0.15) is 0 Å². The van der Waals surface area contributed by atoms with Crippen molar-refractivity contribution >= 4 is 28.1 Å². The van der Waals surface area contributed by atoms with Gasteiger partial charge in [0.15, 0.2) is 17.3 Å². The van der Waals surface area contributed by atoms with E-state index in [0.29, 0.717) is 31.0 Å². The van der Waals surface area contributed by atoms with Crippen LogP contribution < -0.4 is 21.2 Å². The van der Waals surface area contributed by atoms with Crippen LogP contribution in [-0.4, -0.2) is 28.5 Å². The Morgan fingerprint density at radius 3 is 2.88 bits per heavy atom. The molecule has 1 aliphatic heterocycles. The average molecular weight is 436 g/mol. The minimum Gasteiger partial charge on any atom is -0.488 e. The molecule has 2 aliphatic rings. The Labute approximate surface area is 184 Å². The van der Waals surface area contributed by atoms with Crippen molar-refractivity contribution < 1.29 is 13.9 Å². The van der Waals surface area contributed by atoms with Crippen molar-refractivity contribution in [2.45, 2.75) is 39.2 Å². The predicted octanol–water partition coefficient (Wildman–Crippen LogP) is 3.54. The third-order valence-electron chi connectivity index (χ3n) is 6.45. The lowest BCUT2D eigenvalue weighted by Crippen LogP contribution is -2.21. The number of carbonyl (C=O) groups excluding carboxylic acids is 1. The first-order valence-corrected chi connectivity index (χ1v) is 10.9. The molecule has 2 aromatic heterocycles. The average Bonchev–Trinajstić information content (AvgIpc) is 3.57. The molecule has 0 radical (unpaired) electrons. The highest BCUT2D eigenvalue weighted by Crippen LogP contribution is 2.51. The number of pyridine rings is 2. The number of rotatable bonds is 6. The van der Waals surface area contributed by atoms with E-state index in [-0.39, 0.29) is 33.5 Å². The minimum absolute atomic E-state index is 0.0157. The maximum atomic E-state index is 15.4. The summed E-state index contributed by atoms with van der Waals surface area (Å²) in [5, 5.41) is 3.15. The molecule has 3 N–H and O–H groups in total. The first-order valence-electron chi connectivity index (χ1n) is 10.9. The van der Waals surface area contributed by atoms with Gasteiger partial charge in [0.2, 0.25) is 5.43 Å². The highest BCUT2D eigenvalue weighted by Gasteiger charge is 2.46. The van der Waals surface area contributed by atoms with Gasteiger partial charge < -0.3 is 20.4 Å². The highest BCUT2D eigenvalue weighted by atomic mass is 19.1. The number of hydrogen-bond donors (Lipinski definition) is 2. The predicted molar refractivity (Wildman–Crippen MR) is 121 cm³/mol. The SMILES string of the molecule is CC(=O)c1cn2c3c(c(NCCCc4ccccn4)c(F)c(N)c3c1=O)OCC1(CC1)C2. The summed E-state index contributed by atoms with van der Waals surface area (Å²) in [6.07, 6.45) is 6.76. The zero-order valence-electron chi connectivity index (χ0n) is 17.9. The van der Waals surface area contributed by atoms with Crippen LogP contribution in [0.3, 0.4) is 0 Å². The number of nitrogens with two attached hydrogens (primary N) is 1. The van der Waals surface area contributed by atoms with Crippen LogP contribution in [0.1, 0.15) is 42.2 Å². The molecule has 8 heteroatoms. The highest BCUT2D eigenvalue weighted by molar-refractivity contribution is 6.04.